The monoisotopic (exact) mass is 626 g/mol. The number of fused-ring (bicyclic) bond motifs is 2. The van der Waals surface area contributed by atoms with E-state index in [1.807, 2.05) is 11.4 Å². The van der Waals surface area contributed by atoms with Gasteiger partial charge in [-0.2, -0.15) is 0 Å². The molecule has 0 bridgehead atoms. The Morgan fingerprint density at radius 3 is 2.68 bits per heavy atom. The average Bonchev–Trinajstić information content (AvgIpc) is 3.58. The Bertz CT molecular complexity index is 1520. The predicted octanol–water partition coefficient (Wildman–Crippen LogP) is 0.690. The van der Waals surface area contributed by atoms with E-state index in [1.54, 1.807) is 12.1 Å². The zero-order valence-electron chi connectivity index (χ0n) is 23.9. The summed E-state index contributed by atoms with van der Waals surface area (Å²) in [6.07, 6.45) is 1.96. The van der Waals surface area contributed by atoms with E-state index in [2.05, 4.69) is 31.2 Å². The van der Waals surface area contributed by atoms with E-state index < -0.39 is 11.9 Å². The highest BCUT2D eigenvalue weighted by Gasteiger charge is 2.39. The number of ether oxygens (including phenoxy) is 3. The molecule has 3 aromatic rings. The molecule has 0 spiro atoms. The van der Waals surface area contributed by atoms with Crippen LogP contribution in [0.25, 0.3) is 10.2 Å². The third-order valence-electron chi connectivity index (χ3n) is 7.03. The molecule has 4 heterocycles. The van der Waals surface area contributed by atoms with Crippen molar-refractivity contribution in [1.82, 2.24) is 25.5 Å². The van der Waals surface area contributed by atoms with Gasteiger partial charge in [-0.05, 0) is 30.2 Å². The standard InChI is InChI=1S/C28H34N8O7S/c29-15-43-10-9-42-8-7-41-6-5-30-23(38)12-31-20-14-44-27-24(20)25(32-16-33-27)34-18-1-2-19-17(11-18)13-36(28(19)40)21-3-4-22(37)35-26(21)39/h1-2,11,14,16,21,31H,3-10,12-13,15,29H2,(H,30,38)(H,32,33,34)(H,35,37,39). The van der Waals surface area contributed by atoms with E-state index >= 15 is 0 Å². The van der Waals surface area contributed by atoms with Crippen LogP contribution in [0.2, 0.25) is 0 Å². The molecule has 234 valence electrons. The second-order valence-corrected chi connectivity index (χ2v) is 10.8. The van der Waals surface area contributed by atoms with Gasteiger partial charge in [-0.25, -0.2) is 9.97 Å². The number of rotatable bonds is 16. The van der Waals surface area contributed by atoms with E-state index in [-0.39, 0.29) is 44.0 Å². The SMILES string of the molecule is NCOCCOCCOCCNC(=O)CNc1csc2ncnc(Nc3ccc4c(c3)CN(C3CCC(=O)NC3=O)C4=O)c12. The number of nitrogens with two attached hydrogens (primary N) is 1. The molecule has 0 saturated carbocycles. The maximum absolute atomic E-state index is 13.0. The summed E-state index contributed by atoms with van der Waals surface area (Å²) in [5.74, 6) is -0.669. The van der Waals surface area contributed by atoms with Crippen molar-refractivity contribution in [2.75, 3.05) is 63.5 Å². The molecule has 15 nitrogen and oxygen atoms in total. The fraction of sp³-hybridized carbons (Fsp3) is 0.429. The summed E-state index contributed by atoms with van der Waals surface area (Å²) in [6.45, 7) is 2.91. The molecular formula is C28H34N8O7S. The lowest BCUT2D eigenvalue weighted by atomic mass is 10.0. The minimum atomic E-state index is -0.679. The van der Waals surface area contributed by atoms with Crippen LogP contribution < -0.4 is 27.0 Å². The Kier molecular flexibility index (Phi) is 10.6. The van der Waals surface area contributed by atoms with Crippen LogP contribution in [-0.2, 0) is 35.1 Å². The van der Waals surface area contributed by atoms with Gasteiger partial charge in [0.15, 0.2) is 0 Å². The predicted molar refractivity (Wildman–Crippen MR) is 161 cm³/mol. The first-order valence-electron chi connectivity index (χ1n) is 14.1. The van der Waals surface area contributed by atoms with E-state index in [1.165, 1.54) is 22.6 Å². The van der Waals surface area contributed by atoms with Crippen molar-refractivity contribution in [3.8, 4) is 0 Å². The number of carbonyl (C=O) groups excluding carboxylic acids is 4. The van der Waals surface area contributed by atoms with Gasteiger partial charge < -0.3 is 40.8 Å². The average molecular weight is 627 g/mol. The summed E-state index contributed by atoms with van der Waals surface area (Å²) in [5.41, 5.74) is 7.92. The van der Waals surface area contributed by atoms with Crippen molar-refractivity contribution in [3.05, 3.63) is 41.0 Å². The van der Waals surface area contributed by atoms with Crippen molar-refractivity contribution in [2.24, 2.45) is 5.73 Å². The third kappa shape index (κ3) is 7.64. The lowest BCUT2D eigenvalue weighted by Crippen LogP contribution is -2.52. The maximum Gasteiger partial charge on any atom is 0.255 e. The molecule has 44 heavy (non-hydrogen) atoms. The molecular weight excluding hydrogens is 592 g/mol. The van der Waals surface area contributed by atoms with Crippen LogP contribution in [0, 0.1) is 0 Å². The van der Waals surface area contributed by atoms with Crippen LogP contribution in [0.1, 0.15) is 28.8 Å². The highest BCUT2D eigenvalue weighted by Crippen LogP contribution is 2.36. The van der Waals surface area contributed by atoms with Gasteiger partial charge in [0.1, 0.15) is 23.0 Å². The molecule has 0 radical (unpaired) electrons. The lowest BCUT2D eigenvalue weighted by Gasteiger charge is -2.29. The highest BCUT2D eigenvalue weighted by atomic mass is 32.1. The molecule has 5 rings (SSSR count). The Morgan fingerprint density at radius 1 is 1.09 bits per heavy atom. The van der Waals surface area contributed by atoms with Gasteiger partial charge >= 0.3 is 0 Å². The van der Waals surface area contributed by atoms with Gasteiger partial charge in [0, 0.05) is 36.1 Å². The molecule has 6 N–H and O–H groups in total. The second kappa shape index (κ2) is 15.0. The minimum Gasteiger partial charge on any atom is -0.377 e. The van der Waals surface area contributed by atoms with Crippen LogP contribution in [0.5, 0.6) is 0 Å². The quantitative estimate of drug-likeness (QED) is 0.0848. The van der Waals surface area contributed by atoms with Crippen molar-refractivity contribution < 1.29 is 33.4 Å². The van der Waals surface area contributed by atoms with Crippen molar-refractivity contribution in [2.45, 2.75) is 25.4 Å². The first-order chi connectivity index (χ1) is 21.4. The van der Waals surface area contributed by atoms with Crippen LogP contribution >= 0.6 is 11.3 Å². The zero-order chi connectivity index (χ0) is 30.9. The number of hydrogen-bond donors (Lipinski definition) is 5. The van der Waals surface area contributed by atoms with Crippen molar-refractivity contribution in [3.63, 3.8) is 0 Å². The highest BCUT2D eigenvalue weighted by molar-refractivity contribution is 7.17. The van der Waals surface area contributed by atoms with E-state index in [0.29, 0.717) is 68.8 Å². The number of anilines is 3. The zero-order valence-corrected chi connectivity index (χ0v) is 24.7. The third-order valence-corrected chi connectivity index (χ3v) is 7.91. The first-order valence-corrected chi connectivity index (χ1v) is 15.0. The number of imide groups is 1. The van der Waals surface area contributed by atoms with Crippen molar-refractivity contribution in [1.29, 1.82) is 0 Å². The number of benzene rings is 1. The number of aromatic nitrogens is 2. The first kappa shape index (κ1) is 31.2. The Morgan fingerprint density at radius 2 is 1.89 bits per heavy atom. The van der Waals surface area contributed by atoms with Gasteiger partial charge in [-0.1, -0.05) is 0 Å². The second-order valence-electron chi connectivity index (χ2n) is 9.95. The van der Waals surface area contributed by atoms with Gasteiger partial charge in [0.25, 0.3) is 5.91 Å². The fourth-order valence-electron chi connectivity index (χ4n) is 4.91. The molecule has 2 aliphatic rings. The Balaban J connectivity index is 1.13. The Hall–Kier alpha value is -4.22. The smallest absolute Gasteiger partial charge is 0.255 e. The summed E-state index contributed by atoms with van der Waals surface area (Å²) in [4.78, 5) is 60.4. The summed E-state index contributed by atoms with van der Waals surface area (Å²) in [5, 5.41) is 14.2. The molecule has 16 heteroatoms. The van der Waals surface area contributed by atoms with Gasteiger partial charge in [0.2, 0.25) is 17.7 Å². The lowest BCUT2D eigenvalue weighted by molar-refractivity contribution is -0.137. The molecule has 0 aliphatic carbocycles. The molecule has 1 fully saturated rings. The number of amides is 4. The fourth-order valence-corrected chi connectivity index (χ4v) is 5.78. The van der Waals surface area contributed by atoms with Crippen LogP contribution in [-0.4, -0.2) is 97.4 Å². The molecule has 1 atom stereocenters. The number of thiophene rings is 1. The maximum atomic E-state index is 13.0. The normalized spacial score (nSPS) is 16.2. The van der Waals surface area contributed by atoms with Crippen molar-refractivity contribution >= 4 is 62.4 Å². The summed E-state index contributed by atoms with van der Waals surface area (Å²) in [7, 11) is 0. The van der Waals surface area contributed by atoms with Gasteiger partial charge in [-0.3, -0.25) is 24.5 Å². The summed E-state index contributed by atoms with van der Waals surface area (Å²) >= 11 is 1.42. The molecule has 1 aromatic carbocycles. The summed E-state index contributed by atoms with van der Waals surface area (Å²) < 4.78 is 15.8. The number of piperidine rings is 1. The Labute approximate surface area is 256 Å². The number of carbonyl (C=O) groups is 4. The van der Waals surface area contributed by atoms with E-state index in [9.17, 15) is 19.2 Å². The van der Waals surface area contributed by atoms with Gasteiger partial charge in [0.05, 0.1) is 57.4 Å². The number of hydrogen-bond acceptors (Lipinski definition) is 13. The number of nitrogens with zero attached hydrogens (tertiary/aromatic N) is 3. The van der Waals surface area contributed by atoms with E-state index in [0.717, 1.165) is 15.8 Å². The molecule has 1 saturated heterocycles. The molecule has 1 unspecified atom stereocenters. The van der Waals surface area contributed by atoms with Crippen LogP contribution in [0.3, 0.4) is 0 Å². The van der Waals surface area contributed by atoms with Gasteiger partial charge in [-0.15, -0.1) is 11.3 Å². The summed E-state index contributed by atoms with van der Waals surface area (Å²) in [6, 6.07) is 4.67. The van der Waals surface area contributed by atoms with Crippen LogP contribution in [0.4, 0.5) is 17.2 Å². The molecule has 4 amide bonds. The minimum absolute atomic E-state index is 0.0432. The largest absolute Gasteiger partial charge is 0.377 e. The topological polar surface area (TPSA) is 199 Å². The number of nitrogens with one attached hydrogen (secondary N) is 4. The van der Waals surface area contributed by atoms with E-state index in [4.69, 9.17) is 19.9 Å². The molecule has 2 aliphatic heterocycles. The van der Waals surface area contributed by atoms with Crippen LogP contribution in [0.15, 0.2) is 29.9 Å². The molecule has 2 aromatic heterocycles.